The lowest BCUT2D eigenvalue weighted by atomic mass is 10.0. The monoisotopic (exact) mass is 240 g/mol. The predicted molar refractivity (Wildman–Crippen MR) is 64.5 cm³/mol. The van der Waals surface area contributed by atoms with Crippen LogP contribution in [0.3, 0.4) is 0 Å². The van der Waals surface area contributed by atoms with Crippen molar-refractivity contribution in [2.45, 2.75) is 19.8 Å². The lowest BCUT2D eigenvalue weighted by molar-refractivity contribution is 0.0988. The Labute approximate surface area is 96.4 Å². The molecule has 3 nitrogen and oxygen atoms in total. The Morgan fingerprint density at radius 3 is 2.44 bits per heavy atom. The molecule has 4 heteroatoms. The normalized spacial score (nSPS) is 11.4. The van der Waals surface area contributed by atoms with Crippen molar-refractivity contribution in [3.8, 4) is 0 Å². The number of sulfone groups is 1. The molecule has 0 aromatic heterocycles. The molecule has 0 saturated heterocycles. The van der Waals surface area contributed by atoms with Gasteiger partial charge in [-0.25, -0.2) is 8.42 Å². The van der Waals surface area contributed by atoms with Gasteiger partial charge in [0.15, 0.2) is 5.78 Å². The van der Waals surface area contributed by atoms with Crippen molar-refractivity contribution in [2.24, 2.45) is 0 Å². The Balaban J connectivity index is 2.81. The fourth-order valence-electron chi connectivity index (χ4n) is 1.51. The molecule has 0 bridgehead atoms. The molecule has 1 aromatic rings. The Morgan fingerprint density at radius 2 is 1.88 bits per heavy atom. The van der Waals surface area contributed by atoms with Crippen molar-refractivity contribution in [3.63, 3.8) is 0 Å². The summed E-state index contributed by atoms with van der Waals surface area (Å²) in [6.07, 6.45) is 1.99. The molecule has 0 saturated carbocycles. The largest absolute Gasteiger partial charge is 0.294 e. The topological polar surface area (TPSA) is 51.2 Å². The van der Waals surface area contributed by atoms with Crippen LogP contribution in [0.4, 0.5) is 0 Å². The predicted octanol–water partition coefficient (Wildman–Crippen LogP) is 1.87. The van der Waals surface area contributed by atoms with Crippen molar-refractivity contribution < 1.29 is 13.2 Å². The summed E-state index contributed by atoms with van der Waals surface area (Å²) in [4.78, 5) is 11.8. The fraction of sp³-hybridized carbons (Fsp3) is 0.417. The maximum Gasteiger partial charge on any atom is 0.164 e. The van der Waals surface area contributed by atoms with Gasteiger partial charge in [-0.1, -0.05) is 31.2 Å². The third kappa shape index (κ3) is 3.77. The van der Waals surface area contributed by atoms with Gasteiger partial charge in [-0.05, 0) is 12.0 Å². The number of aryl methyl sites for hydroxylation is 1. The molecule has 16 heavy (non-hydrogen) atoms. The van der Waals surface area contributed by atoms with Crippen molar-refractivity contribution in [1.82, 2.24) is 0 Å². The van der Waals surface area contributed by atoms with Gasteiger partial charge in [0.05, 0.1) is 5.75 Å². The number of carbonyl (C=O) groups is 1. The molecule has 0 N–H and O–H groups in total. The van der Waals surface area contributed by atoms with Gasteiger partial charge >= 0.3 is 0 Å². The Hall–Kier alpha value is -1.16. The SMILES string of the molecule is CCc1ccccc1C(=O)CCS(C)(=O)=O. The Bertz CT molecular complexity index is 475. The van der Waals surface area contributed by atoms with Crippen LogP contribution in [0.5, 0.6) is 0 Å². The Morgan fingerprint density at radius 1 is 1.25 bits per heavy atom. The summed E-state index contributed by atoms with van der Waals surface area (Å²) in [5.41, 5.74) is 1.62. The van der Waals surface area contributed by atoms with Gasteiger partial charge in [0.25, 0.3) is 0 Å². The van der Waals surface area contributed by atoms with E-state index in [1.54, 1.807) is 12.1 Å². The summed E-state index contributed by atoms with van der Waals surface area (Å²) in [6, 6.07) is 7.33. The maximum atomic E-state index is 11.8. The standard InChI is InChI=1S/C12H16O3S/c1-3-10-6-4-5-7-11(10)12(13)8-9-16(2,14)15/h4-7H,3,8-9H2,1-2H3. The molecule has 0 heterocycles. The lowest BCUT2D eigenvalue weighted by Gasteiger charge is -2.05. The molecular formula is C12H16O3S. The molecule has 0 amide bonds. The minimum Gasteiger partial charge on any atom is -0.294 e. The average molecular weight is 240 g/mol. The van der Waals surface area contributed by atoms with Crippen molar-refractivity contribution in [2.75, 3.05) is 12.0 Å². The van der Waals surface area contributed by atoms with Gasteiger partial charge in [-0.2, -0.15) is 0 Å². The van der Waals surface area contributed by atoms with E-state index in [-0.39, 0.29) is 18.0 Å². The highest BCUT2D eigenvalue weighted by Gasteiger charge is 2.12. The van der Waals surface area contributed by atoms with Gasteiger partial charge in [0, 0.05) is 18.2 Å². The molecule has 0 radical (unpaired) electrons. The minimum absolute atomic E-state index is 0.0653. The summed E-state index contributed by atoms with van der Waals surface area (Å²) in [6.45, 7) is 1.97. The quantitative estimate of drug-likeness (QED) is 0.738. The highest BCUT2D eigenvalue weighted by molar-refractivity contribution is 7.90. The average Bonchev–Trinajstić information content (AvgIpc) is 2.25. The summed E-state index contributed by atoms with van der Waals surface area (Å²) >= 11 is 0. The van der Waals surface area contributed by atoms with Gasteiger partial charge < -0.3 is 0 Å². The number of Topliss-reactive ketones (excluding diaryl/α,β-unsaturated/α-hetero) is 1. The van der Waals surface area contributed by atoms with Gasteiger partial charge in [-0.15, -0.1) is 0 Å². The van der Waals surface area contributed by atoms with Crippen LogP contribution in [0.1, 0.15) is 29.3 Å². The van der Waals surface area contributed by atoms with Gasteiger partial charge in [0.1, 0.15) is 9.84 Å². The summed E-state index contributed by atoms with van der Waals surface area (Å²) in [7, 11) is -3.07. The molecule has 88 valence electrons. The first-order valence-corrected chi connectivity index (χ1v) is 7.29. The van der Waals surface area contributed by atoms with Gasteiger partial charge in [-0.3, -0.25) is 4.79 Å². The van der Waals surface area contributed by atoms with Gasteiger partial charge in [0.2, 0.25) is 0 Å². The first kappa shape index (κ1) is 12.9. The van der Waals surface area contributed by atoms with Crippen molar-refractivity contribution in [3.05, 3.63) is 35.4 Å². The molecule has 0 fully saturated rings. The number of benzene rings is 1. The third-order valence-electron chi connectivity index (χ3n) is 2.40. The second kappa shape index (κ2) is 5.25. The van der Waals surface area contributed by atoms with Crippen LogP contribution in [0.25, 0.3) is 0 Å². The molecule has 0 aliphatic heterocycles. The molecule has 0 spiro atoms. The number of carbonyl (C=O) groups excluding carboxylic acids is 1. The van der Waals surface area contributed by atoms with Crippen LogP contribution in [0.2, 0.25) is 0 Å². The second-order valence-corrected chi connectivity index (χ2v) is 6.07. The number of rotatable bonds is 5. The summed E-state index contributed by atoms with van der Waals surface area (Å²) in [5.74, 6) is -0.174. The number of ketones is 1. The number of hydrogen-bond donors (Lipinski definition) is 0. The van der Waals surface area contributed by atoms with E-state index in [0.29, 0.717) is 5.56 Å². The molecule has 1 aromatic carbocycles. The van der Waals surface area contributed by atoms with Crippen molar-refractivity contribution in [1.29, 1.82) is 0 Å². The third-order valence-corrected chi connectivity index (χ3v) is 3.34. The van der Waals surface area contributed by atoms with E-state index < -0.39 is 9.84 Å². The van der Waals surface area contributed by atoms with Crippen LogP contribution in [-0.4, -0.2) is 26.2 Å². The zero-order chi connectivity index (χ0) is 12.2. The van der Waals surface area contributed by atoms with Crippen molar-refractivity contribution >= 4 is 15.6 Å². The highest BCUT2D eigenvalue weighted by atomic mass is 32.2. The van der Waals surface area contributed by atoms with E-state index in [4.69, 9.17) is 0 Å². The second-order valence-electron chi connectivity index (χ2n) is 3.81. The van der Waals surface area contributed by atoms with E-state index in [9.17, 15) is 13.2 Å². The van der Waals surface area contributed by atoms with E-state index in [1.165, 1.54) is 0 Å². The van der Waals surface area contributed by atoms with E-state index in [0.717, 1.165) is 18.2 Å². The summed E-state index contributed by atoms with van der Waals surface area (Å²) < 4.78 is 21.9. The highest BCUT2D eigenvalue weighted by Crippen LogP contribution is 2.12. The van der Waals surface area contributed by atoms with E-state index in [1.807, 2.05) is 19.1 Å². The molecule has 0 atom stereocenters. The zero-order valence-electron chi connectivity index (χ0n) is 9.56. The molecular weight excluding hydrogens is 224 g/mol. The molecule has 0 unspecified atom stereocenters. The maximum absolute atomic E-state index is 11.8. The van der Waals surface area contributed by atoms with Crippen LogP contribution < -0.4 is 0 Å². The van der Waals surface area contributed by atoms with Crippen LogP contribution >= 0.6 is 0 Å². The Kier molecular flexibility index (Phi) is 4.24. The van der Waals surface area contributed by atoms with Crippen LogP contribution in [0.15, 0.2) is 24.3 Å². The zero-order valence-corrected chi connectivity index (χ0v) is 10.4. The fourth-order valence-corrected chi connectivity index (χ4v) is 2.07. The summed E-state index contributed by atoms with van der Waals surface area (Å²) in [5, 5.41) is 0. The lowest BCUT2D eigenvalue weighted by Crippen LogP contribution is -2.11. The van der Waals surface area contributed by atoms with E-state index in [2.05, 4.69) is 0 Å². The van der Waals surface area contributed by atoms with E-state index >= 15 is 0 Å². The smallest absolute Gasteiger partial charge is 0.164 e. The first-order valence-electron chi connectivity index (χ1n) is 5.23. The number of hydrogen-bond acceptors (Lipinski definition) is 3. The minimum atomic E-state index is -3.07. The van der Waals surface area contributed by atoms with Crippen LogP contribution in [-0.2, 0) is 16.3 Å². The molecule has 0 aliphatic carbocycles. The molecule has 0 aliphatic rings. The van der Waals surface area contributed by atoms with Crippen LogP contribution in [0, 0.1) is 0 Å². The first-order chi connectivity index (χ1) is 7.44. The molecule has 1 rings (SSSR count).